The van der Waals surface area contributed by atoms with E-state index in [-0.39, 0.29) is 25.6 Å². The van der Waals surface area contributed by atoms with Gasteiger partial charge in [0.1, 0.15) is 19.8 Å². The van der Waals surface area contributed by atoms with Crippen LogP contribution in [0.5, 0.6) is 0 Å². The van der Waals surface area contributed by atoms with Gasteiger partial charge >= 0.3 is 19.8 Å². The molecule has 0 radical (unpaired) electrons. The van der Waals surface area contributed by atoms with E-state index in [9.17, 15) is 19.0 Å². The lowest BCUT2D eigenvalue weighted by atomic mass is 10.0. The van der Waals surface area contributed by atoms with Gasteiger partial charge in [0, 0.05) is 12.8 Å². The predicted molar refractivity (Wildman–Crippen MR) is 358 cm³/mol. The number of quaternary nitrogens is 1. The minimum Gasteiger partial charge on any atom is -0.462 e. The van der Waals surface area contributed by atoms with Crippen molar-refractivity contribution in [2.24, 2.45) is 0 Å². The Morgan fingerprint density at radius 2 is 0.542 bits per heavy atom. The van der Waals surface area contributed by atoms with E-state index < -0.39 is 26.5 Å². The molecule has 0 rings (SSSR count). The van der Waals surface area contributed by atoms with E-state index in [0.717, 1.165) is 38.5 Å². The highest BCUT2D eigenvalue weighted by molar-refractivity contribution is 7.47. The van der Waals surface area contributed by atoms with Crippen molar-refractivity contribution in [3.8, 4) is 0 Å². The van der Waals surface area contributed by atoms with E-state index in [1.165, 1.54) is 340 Å². The van der Waals surface area contributed by atoms with Gasteiger partial charge in [0.25, 0.3) is 0 Å². The molecule has 0 aromatic heterocycles. The maximum absolute atomic E-state index is 12.9. The molecule has 0 heterocycles. The number of nitrogens with zero attached hydrogens (tertiary/aromatic N) is 1. The van der Waals surface area contributed by atoms with Gasteiger partial charge in [-0.3, -0.25) is 18.6 Å². The molecular formula is C73H147NO8P+. The van der Waals surface area contributed by atoms with Gasteiger partial charge in [-0.25, -0.2) is 4.57 Å². The number of carbonyl (C=O) groups is 2. The zero-order chi connectivity index (χ0) is 60.5. The van der Waals surface area contributed by atoms with E-state index >= 15 is 0 Å². The van der Waals surface area contributed by atoms with Crippen LogP contribution in [0.3, 0.4) is 0 Å². The Morgan fingerprint density at radius 3 is 0.771 bits per heavy atom. The summed E-state index contributed by atoms with van der Waals surface area (Å²) in [6.07, 6.45) is 79.7. The van der Waals surface area contributed by atoms with Gasteiger partial charge in [0.05, 0.1) is 27.7 Å². The lowest BCUT2D eigenvalue weighted by Gasteiger charge is -2.24. The third kappa shape index (κ3) is 70.0. The Balaban J connectivity index is 3.82. The van der Waals surface area contributed by atoms with Crippen molar-refractivity contribution >= 4 is 19.8 Å². The van der Waals surface area contributed by atoms with Crippen LogP contribution in [0, 0.1) is 0 Å². The lowest BCUT2D eigenvalue weighted by Crippen LogP contribution is -2.37. The molecule has 0 saturated carbocycles. The molecule has 10 heteroatoms. The van der Waals surface area contributed by atoms with Gasteiger partial charge < -0.3 is 18.9 Å². The third-order valence-electron chi connectivity index (χ3n) is 17.4. The summed E-state index contributed by atoms with van der Waals surface area (Å²) in [5.41, 5.74) is 0. The van der Waals surface area contributed by atoms with Crippen molar-refractivity contribution in [1.29, 1.82) is 0 Å². The van der Waals surface area contributed by atoms with Crippen molar-refractivity contribution in [2.75, 3.05) is 47.5 Å². The molecule has 0 fully saturated rings. The summed E-state index contributed by atoms with van der Waals surface area (Å²) in [6.45, 7) is 4.53. The molecule has 0 spiro atoms. The van der Waals surface area contributed by atoms with Gasteiger partial charge in [-0.2, -0.15) is 0 Å². The number of esters is 2. The lowest BCUT2D eigenvalue weighted by molar-refractivity contribution is -0.870. The van der Waals surface area contributed by atoms with Crippen LogP contribution in [0.1, 0.15) is 406 Å². The van der Waals surface area contributed by atoms with Gasteiger partial charge in [0.2, 0.25) is 0 Å². The van der Waals surface area contributed by atoms with Crippen LogP contribution >= 0.6 is 7.82 Å². The van der Waals surface area contributed by atoms with Crippen molar-refractivity contribution in [2.45, 2.75) is 412 Å². The fourth-order valence-corrected chi connectivity index (χ4v) is 12.4. The Morgan fingerprint density at radius 1 is 0.325 bits per heavy atom. The zero-order valence-corrected chi connectivity index (χ0v) is 57.6. The van der Waals surface area contributed by atoms with Gasteiger partial charge in [-0.05, 0) is 12.8 Å². The van der Waals surface area contributed by atoms with Crippen LogP contribution in [0.25, 0.3) is 0 Å². The molecule has 9 nitrogen and oxygen atoms in total. The SMILES string of the molecule is CCCCCCCCCCCCCCCCCCCCCCCCCCCCCCCCCCCCCCCCCCCC(=O)OC(COC(=O)CCCCCCCCCCCCCCCCCCCC)COP(=O)(O)OCC[N+](C)(C)C. The summed E-state index contributed by atoms with van der Waals surface area (Å²) in [5.74, 6) is -0.769. The van der Waals surface area contributed by atoms with Crippen molar-refractivity contribution in [1.82, 2.24) is 0 Å². The molecule has 0 aromatic rings. The zero-order valence-electron chi connectivity index (χ0n) is 56.7. The first-order valence-corrected chi connectivity index (χ1v) is 38.8. The number of hydrogen-bond donors (Lipinski definition) is 1. The van der Waals surface area contributed by atoms with Crippen molar-refractivity contribution in [3.63, 3.8) is 0 Å². The van der Waals surface area contributed by atoms with Gasteiger partial charge in [-0.1, -0.05) is 380 Å². The van der Waals surface area contributed by atoms with Gasteiger partial charge in [0.15, 0.2) is 6.10 Å². The number of rotatable bonds is 71. The standard InChI is InChI=1S/C73H146NO8P/c1-6-8-10-12-14-16-18-20-22-24-26-27-28-29-30-31-32-33-34-35-36-37-38-39-40-41-42-43-44-45-46-47-48-50-52-54-56-58-60-62-64-66-73(76)82-71(70-81-83(77,78)80-68-67-74(3,4)5)69-79-72(75)65-63-61-59-57-55-53-51-49-25-23-21-19-17-15-13-11-9-7-2/h71H,6-70H2,1-5H3/p+1. The first-order chi connectivity index (χ1) is 40.5. The molecule has 0 saturated heterocycles. The Labute approximate surface area is 518 Å². The number of carbonyl (C=O) groups excluding carboxylic acids is 2. The predicted octanol–water partition coefficient (Wildman–Crippen LogP) is 24.1. The largest absolute Gasteiger partial charge is 0.472 e. The quantitative estimate of drug-likeness (QED) is 0.0278. The first-order valence-electron chi connectivity index (χ1n) is 37.3. The molecular weight excluding hydrogens is 1050 g/mol. The highest BCUT2D eigenvalue weighted by Gasteiger charge is 2.27. The number of phosphoric acid groups is 1. The molecule has 0 amide bonds. The third-order valence-corrected chi connectivity index (χ3v) is 18.4. The molecule has 0 aromatic carbocycles. The second-order valence-corrected chi connectivity index (χ2v) is 28.5. The summed E-state index contributed by atoms with van der Waals surface area (Å²) >= 11 is 0. The minimum absolute atomic E-state index is 0.0376. The topological polar surface area (TPSA) is 108 Å². The maximum Gasteiger partial charge on any atom is 0.472 e. The molecule has 0 aliphatic heterocycles. The van der Waals surface area contributed by atoms with Crippen molar-refractivity contribution in [3.05, 3.63) is 0 Å². The molecule has 2 atom stereocenters. The maximum atomic E-state index is 12.9. The van der Waals surface area contributed by atoms with E-state index in [2.05, 4.69) is 13.8 Å². The smallest absolute Gasteiger partial charge is 0.462 e. The summed E-state index contributed by atoms with van der Waals surface area (Å²) in [5, 5.41) is 0. The highest BCUT2D eigenvalue weighted by Crippen LogP contribution is 2.43. The van der Waals surface area contributed by atoms with E-state index in [1.54, 1.807) is 0 Å². The van der Waals surface area contributed by atoms with Crippen LogP contribution < -0.4 is 0 Å². The van der Waals surface area contributed by atoms with Crippen LogP contribution in [0.15, 0.2) is 0 Å². The number of ether oxygens (including phenoxy) is 2. The van der Waals surface area contributed by atoms with E-state index in [1.807, 2.05) is 21.1 Å². The Bertz CT molecular complexity index is 1360. The first kappa shape index (κ1) is 82.0. The highest BCUT2D eigenvalue weighted by atomic mass is 31.2. The van der Waals surface area contributed by atoms with E-state index in [4.69, 9.17) is 18.5 Å². The fourth-order valence-electron chi connectivity index (χ4n) is 11.7. The monoisotopic (exact) mass is 1200 g/mol. The second kappa shape index (κ2) is 65.5. The number of unbranched alkanes of at least 4 members (excludes halogenated alkanes) is 57. The number of hydrogen-bond acceptors (Lipinski definition) is 7. The number of likely N-dealkylation sites (N-methyl/N-ethyl adjacent to an activating group) is 1. The van der Waals surface area contributed by atoms with E-state index in [0.29, 0.717) is 17.4 Å². The normalized spacial score (nSPS) is 13.0. The number of phosphoric ester groups is 1. The molecule has 0 bridgehead atoms. The molecule has 496 valence electrons. The van der Waals surface area contributed by atoms with Crippen LogP contribution in [0.2, 0.25) is 0 Å². The molecule has 2 unspecified atom stereocenters. The average molecular weight is 1200 g/mol. The van der Waals surface area contributed by atoms with Crippen molar-refractivity contribution < 1.29 is 42.1 Å². The second-order valence-electron chi connectivity index (χ2n) is 27.1. The Hall–Kier alpha value is -0.990. The summed E-state index contributed by atoms with van der Waals surface area (Å²) in [6, 6.07) is 0. The summed E-state index contributed by atoms with van der Waals surface area (Å²) in [4.78, 5) is 35.8. The molecule has 0 aliphatic carbocycles. The van der Waals surface area contributed by atoms with Crippen LogP contribution in [0.4, 0.5) is 0 Å². The molecule has 0 aliphatic rings. The Kier molecular flexibility index (Phi) is 64.7. The average Bonchev–Trinajstić information content (AvgIpc) is 3.48. The van der Waals surface area contributed by atoms with Crippen LogP contribution in [-0.2, 0) is 32.7 Å². The molecule has 83 heavy (non-hydrogen) atoms. The summed E-state index contributed by atoms with van der Waals surface area (Å²) in [7, 11) is 1.51. The van der Waals surface area contributed by atoms with Crippen LogP contribution in [-0.4, -0.2) is 74.9 Å². The van der Waals surface area contributed by atoms with Gasteiger partial charge in [-0.15, -0.1) is 0 Å². The fraction of sp³-hybridized carbons (Fsp3) is 0.973. The minimum atomic E-state index is -4.38. The molecule has 1 N–H and O–H groups in total. The summed E-state index contributed by atoms with van der Waals surface area (Å²) < 4.78 is 34.7.